The molecule has 0 aliphatic rings. The molecule has 0 aromatic carbocycles. The molecule has 0 aliphatic carbocycles. The molecule has 0 fully saturated rings. The Labute approximate surface area is 87.1 Å². The van der Waals surface area contributed by atoms with Crippen LogP contribution in [-0.2, 0) is 4.79 Å². The van der Waals surface area contributed by atoms with Gasteiger partial charge in [0.2, 0.25) is 0 Å². The van der Waals surface area contributed by atoms with Gasteiger partial charge in [-0.25, -0.2) is 0 Å². The van der Waals surface area contributed by atoms with Crippen molar-refractivity contribution in [2.75, 3.05) is 0 Å². The Bertz CT molecular complexity index is 189. The van der Waals surface area contributed by atoms with Gasteiger partial charge in [0.25, 0.3) is 0 Å². The van der Waals surface area contributed by atoms with Crippen LogP contribution in [0.25, 0.3) is 0 Å². The molecule has 1 nitrogen and oxygen atoms in total. The second kappa shape index (κ2) is 8.28. The minimum atomic E-state index is -1.80. The largest absolute Gasteiger partial charge is 0.303 e. The van der Waals surface area contributed by atoms with Gasteiger partial charge < -0.3 is 4.79 Å². The Kier molecular flexibility index (Phi) is 5.10. The van der Waals surface area contributed by atoms with Gasteiger partial charge in [-0.2, -0.15) is 0 Å². The van der Waals surface area contributed by atoms with Gasteiger partial charge in [-0.3, -0.25) is 0 Å². The molecule has 0 amide bonds. The summed E-state index contributed by atoms with van der Waals surface area (Å²) < 4.78 is 22.1. The lowest BCUT2D eigenvalue weighted by molar-refractivity contribution is -0.108. The molecule has 0 heterocycles. The third kappa shape index (κ3) is 8.01. The first-order chi connectivity index (χ1) is 7.41. The van der Waals surface area contributed by atoms with Gasteiger partial charge in [0, 0.05) is 10.5 Å². The molecule has 0 saturated heterocycles. The molecular formula is C12H24O. The van der Waals surface area contributed by atoms with Crippen LogP contribution in [-0.4, -0.2) is 6.29 Å². The van der Waals surface area contributed by atoms with E-state index in [0.717, 1.165) is 38.4 Å². The molecule has 1 heteroatoms. The normalized spacial score (nSPS) is 19.7. The number of carbonyl (C=O) groups excluding carboxylic acids is 1. The summed E-state index contributed by atoms with van der Waals surface area (Å²) in [6.07, 6.45) is 5.98. The summed E-state index contributed by atoms with van der Waals surface area (Å²) in [6, 6.07) is 0. The zero-order valence-electron chi connectivity index (χ0n) is 11.9. The van der Waals surface area contributed by atoms with Crippen molar-refractivity contribution < 1.29 is 8.91 Å². The van der Waals surface area contributed by atoms with Crippen molar-refractivity contribution in [3.63, 3.8) is 0 Å². The molecule has 13 heavy (non-hydrogen) atoms. The van der Waals surface area contributed by atoms with Crippen LogP contribution >= 0.6 is 0 Å². The van der Waals surface area contributed by atoms with E-state index >= 15 is 0 Å². The second-order valence-corrected chi connectivity index (χ2v) is 3.89. The molecule has 0 bridgehead atoms. The van der Waals surface area contributed by atoms with E-state index < -0.39 is 6.85 Å². The molecule has 2 atom stereocenters. The molecule has 0 aliphatic heterocycles. The fraction of sp³-hybridized carbons (Fsp3) is 0.917. The highest BCUT2D eigenvalue weighted by Crippen LogP contribution is 2.17. The summed E-state index contributed by atoms with van der Waals surface area (Å²) in [6.45, 7) is 2.26. The lowest BCUT2D eigenvalue weighted by atomic mass is 9.95. The predicted molar refractivity (Wildman–Crippen MR) is 57.8 cm³/mol. The number of aldehydes is 1. The fourth-order valence-electron chi connectivity index (χ4n) is 1.41. The molecule has 0 rings (SSSR count). The van der Waals surface area contributed by atoms with Crippen molar-refractivity contribution in [3.05, 3.63) is 0 Å². The Hall–Kier alpha value is -0.330. The Morgan fingerprint density at radius 1 is 1.31 bits per heavy atom. The highest BCUT2D eigenvalue weighted by atomic mass is 16.1. The Balaban J connectivity index is 3.74. The summed E-state index contributed by atoms with van der Waals surface area (Å²) >= 11 is 0. The van der Waals surface area contributed by atoms with E-state index in [0.29, 0.717) is 12.3 Å². The maximum Gasteiger partial charge on any atom is 0.120 e. The standard InChI is InChI=1S/C12H24O/c1-4-11(2)7-5-8-12(3)9-6-10-13/h10-12H,4-9H2,1-3H3/i2D3. The van der Waals surface area contributed by atoms with Crippen molar-refractivity contribution in [1.29, 1.82) is 0 Å². The van der Waals surface area contributed by atoms with E-state index in [1.807, 2.05) is 6.92 Å². The van der Waals surface area contributed by atoms with Crippen LogP contribution in [0.2, 0.25) is 0 Å². The molecule has 0 N–H and O–H groups in total. The number of carbonyl (C=O) groups is 1. The van der Waals surface area contributed by atoms with Gasteiger partial charge in [0.1, 0.15) is 6.29 Å². The van der Waals surface area contributed by atoms with Crippen LogP contribution in [0.3, 0.4) is 0 Å². The minimum Gasteiger partial charge on any atom is -0.303 e. The van der Waals surface area contributed by atoms with Crippen molar-refractivity contribution in [2.45, 2.75) is 59.2 Å². The van der Waals surface area contributed by atoms with Crippen LogP contribution in [0.4, 0.5) is 0 Å². The molecule has 0 aromatic heterocycles. The number of hydrogen-bond donors (Lipinski definition) is 0. The van der Waals surface area contributed by atoms with Crippen molar-refractivity contribution in [1.82, 2.24) is 0 Å². The van der Waals surface area contributed by atoms with Gasteiger partial charge in [-0.1, -0.05) is 46.4 Å². The second-order valence-electron chi connectivity index (χ2n) is 3.89. The van der Waals surface area contributed by atoms with Gasteiger partial charge in [-0.05, 0) is 18.3 Å². The zero-order chi connectivity index (χ0) is 12.6. The molecule has 0 saturated carbocycles. The minimum absolute atomic E-state index is 0.161. The predicted octanol–water partition coefficient (Wildman–Crippen LogP) is 3.82. The van der Waals surface area contributed by atoms with Gasteiger partial charge in [0.05, 0.1) is 0 Å². The van der Waals surface area contributed by atoms with E-state index in [9.17, 15) is 4.79 Å². The first-order valence-corrected chi connectivity index (χ1v) is 5.35. The lowest BCUT2D eigenvalue weighted by Gasteiger charge is -2.11. The van der Waals surface area contributed by atoms with Gasteiger partial charge >= 0.3 is 0 Å². The first-order valence-electron chi connectivity index (χ1n) is 6.85. The maximum absolute atomic E-state index is 10.2. The fourth-order valence-corrected chi connectivity index (χ4v) is 1.41. The van der Waals surface area contributed by atoms with Crippen LogP contribution in [0.15, 0.2) is 0 Å². The third-order valence-corrected chi connectivity index (χ3v) is 2.52. The van der Waals surface area contributed by atoms with E-state index in [2.05, 4.69) is 6.92 Å². The lowest BCUT2D eigenvalue weighted by Crippen LogP contribution is -1.98. The van der Waals surface area contributed by atoms with Crippen LogP contribution in [0, 0.1) is 11.8 Å². The smallest absolute Gasteiger partial charge is 0.120 e. The molecular weight excluding hydrogens is 160 g/mol. The quantitative estimate of drug-likeness (QED) is 0.528. The Morgan fingerprint density at radius 2 is 2.00 bits per heavy atom. The maximum atomic E-state index is 10.2. The molecule has 0 aromatic rings. The van der Waals surface area contributed by atoms with Crippen LogP contribution < -0.4 is 0 Å². The highest BCUT2D eigenvalue weighted by Gasteiger charge is 2.03. The van der Waals surface area contributed by atoms with Gasteiger partial charge in [-0.15, -0.1) is 0 Å². The first kappa shape index (κ1) is 8.02. The summed E-state index contributed by atoms with van der Waals surface area (Å²) in [5.41, 5.74) is 0. The average Bonchev–Trinajstić information content (AvgIpc) is 2.19. The van der Waals surface area contributed by atoms with E-state index in [4.69, 9.17) is 4.11 Å². The number of rotatable bonds is 8. The summed E-state index contributed by atoms with van der Waals surface area (Å²) in [5.74, 6) is 0.366. The van der Waals surface area contributed by atoms with Gasteiger partial charge in [0.15, 0.2) is 0 Å². The van der Waals surface area contributed by atoms with E-state index in [1.54, 1.807) is 0 Å². The summed E-state index contributed by atoms with van der Waals surface area (Å²) in [4.78, 5) is 10.2. The van der Waals surface area contributed by atoms with Crippen molar-refractivity contribution >= 4 is 6.29 Å². The average molecular weight is 187 g/mol. The van der Waals surface area contributed by atoms with Crippen molar-refractivity contribution in [3.8, 4) is 0 Å². The summed E-state index contributed by atoms with van der Waals surface area (Å²) in [5, 5.41) is 0. The monoisotopic (exact) mass is 187 g/mol. The molecule has 78 valence electrons. The zero-order valence-corrected chi connectivity index (χ0v) is 8.88. The molecule has 0 radical (unpaired) electrons. The van der Waals surface area contributed by atoms with E-state index in [1.165, 1.54) is 0 Å². The SMILES string of the molecule is [2H]C([2H])([2H])C(CC)CCCC(C)CCC=O. The van der Waals surface area contributed by atoms with Crippen LogP contribution in [0.1, 0.15) is 63.3 Å². The van der Waals surface area contributed by atoms with E-state index in [-0.39, 0.29) is 5.92 Å². The third-order valence-electron chi connectivity index (χ3n) is 2.52. The molecule has 0 spiro atoms. The topological polar surface area (TPSA) is 17.1 Å². The van der Waals surface area contributed by atoms with Crippen molar-refractivity contribution in [2.24, 2.45) is 11.8 Å². The molecule has 2 unspecified atom stereocenters. The Morgan fingerprint density at radius 3 is 2.54 bits per heavy atom. The van der Waals surface area contributed by atoms with Crippen LogP contribution in [0.5, 0.6) is 0 Å². The summed E-state index contributed by atoms with van der Waals surface area (Å²) in [7, 11) is 0. The number of hydrogen-bond acceptors (Lipinski definition) is 1. The highest BCUT2D eigenvalue weighted by molar-refractivity contribution is 5.49.